The number of hydrogen-bond acceptors (Lipinski definition) is 4. The molecular weight excluding hydrogens is 447 g/mol. The Balaban J connectivity index is 1.72. The number of nitrogens with one attached hydrogen (secondary N) is 1. The van der Waals surface area contributed by atoms with Crippen molar-refractivity contribution >= 4 is 40.8 Å². The number of carbonyl (C=O) groups is 2. The quantitative estimate of drug-likeness (QED) is 0.622. The first-order valence-electron chi connectivity index (χ1n) is 10.9. The average Bonchev–Trinajstić information content (AvgIpc) is 2.99. The van der Waals surface area contributed by atoms with Crippen molar-refractivity contribution in [1.29, 1.82) is 0 Å². The highest BCUT2D eigenvalue weighted by Gasteiger charge is 2.53. The lowest BCUT2D eigenvalue weighted by Gasteiger charge is -2.42. The summed E-state index contributed by atoms with van der Waals surface area (Å²) in [6.45, 7) is 6.64. The third-order valence-corrected chi connectivity index (χ3v) is 6.86. The second-order valence-electron chi connectivity index (χ2n) is 9.78. The maximum absolute atomic E-state index is 13.6. The van der Waals surface area contributed by atoms with Gasteiger partial charge < -0.3 is 10.2 Å². The molecule has 1 saturated heterocycles. The fourth-order valence-electron chi connectivity index (χ4n) is 4.74. The van der Waals surface area contributed by atoms with Crippen molar-refractivity contribution in [2.75, 3.05) is 18.4 Å². The number of piperidine rings is 1. The van der Waals surface area contributed by atoms with E-state index >= 15 is 0 Å². The zero-order chi connectivity index (χ0) is 23.1. The van der Waals surface area contributed by atoms with Crippen LogP contribution in [-0.2, 0) is 26.3 Å². The van der Waals surface area contributed by atoms with E-state index in [4.69, 9.17) is 28.0 Å². The van der Waals surface area contributed by atoms with Crippen molar-refractivity contribution in [3.8, 4) is 0 Å². The molecule has 4 rings (SSSR count). The van der Waals surface area contributed by atoms with Gasteiger partial charge in [-0.15, -0.1) is 5.06 Å². The van der Waals surface area contributed by atoms with Gasteiger partial charge in [0.1, 0.15) is 0 Å². The number of benzene rings is 2. The zero-order valence-electron chi connectivity index (χ0n) is 18.6. The van der Waals surface area contributed by atoms with Crippen LogP contribution in [0.4, 0.5) is 5.69 Å². The van der Waals surface area contributed by atoms with E-state index in [1.165, 1.54) is 0 Å². The van der Waals surface area contributed by atoms with Gasteiger partial charge >= 0.3 is 5.97 Å². The molecule has 1 N–H and O–H groups in total. The smallest absolute Gasteiger partial charge is 0.330 e. The van der Waals surface area contributed by atoms with E-state index in [1.807, 2.05) is 57.2 Å². The molecule has 2 heterocycles. The second-order valence-corrected chi connectivity index (χ2v) is 10.7. The molecule has 32 heavy (non-hydrogen) atoms. The Morgan fingerprint density at radius 2 is 1.94 bits per heavy atom. The Bertz CT molecular complexity index is 1050. The van der Waals surface area contributed by atoms with E-state index in [1.54, 1.807) is 11.1 Å². The minimum Gasteiger partial charge on any atom is -0.367 e. The highest BCUT2D eigenvalue weighted by Crippen LogP contribution is 2.49. The number of halogens is 2. The summed E-state index contributed by atoms with van der Waals surface area (Å²) in [4.78, 5) is 31.8. The summed E-state index contributed by atoms with van der Waals surface area (Å²) in [6, 6.07) is 13.2. The van der Waals surface area contributed by atoms with Gasteiger partial charge in [-0.25, -0.2) is 4.79 Å². The Morgan fingerprint density at radius 3 is 2.66 bits per heavy atom. The van der Waals surface area contributed by atoms with Gasteiger partial charge in [0.25, 0.3) is 0 Å². The molecule has 7 heteroatoms. The zero-order valence-corrected chi connectivity index (χ0v) is 20.1. The summed E-state index contributed by atoms with van der Waals surface area (Å²) < 4.78 is 0. The van der Waals surface area contributed by atoms with Crippen molar-refractivity contribution in [2.45, 2.75) is 45.4 Å². The predicted octanol–water partition coefficient (Wildman–Crippen LogP) is 5.64. The molecule has 2 unspecified atom stereocenters. The fourth-order valence-corrected chi connectivity index (χ4v) is 5.13. The van der Waals surface area contributed by atoms with E-state index in [0.29, 0.717) is 29.6 Å². The molecule has 0 aromatic heterocycles. The number of anilines is 1. The topological polar surface area (TPSA) is 58.6 Å². The van der Waals surface area contributed by atoms with Crippen molar-refractivity contribution in [3.63, 3.8) is 0 Å². The van der Waals surface area contributed by atoms with E-state index in [9.17, 15) is 9.59 Å². The van der Waals surface area contributed by atoms with Gasteiger partial charge in [0, 0.05) is 28.8 Å². The SMILES string of the molecule is CC(C)(C)C(=O)ON1CCCC(C2(Cc3cccc(Cl)c3)C(=O)Nc3cc(Cl)ccc32)C1. The van der Waals surface area contributed by atoms with Crippen molar-refractivity contribution < 1.29 is 14.4 Å². The molecule has 0 spiro atoms. The van der Waals surface area contributed by atoms with Crippen LogP contribution in [-0.4, -0.2) is 30.0 Å². The molecule has 0 bridgehead atoms. The van der Waals surface area contributed by atoms with E-state index in [0.717, 1.165) is 29.7 Å². The Labute approximate surface area is 199 Å². The molecule has 0 radical (unpaired) electrons. The largest absolute Gasteiger partial charge is 0.367 e. The summed E-state index contributed by atoms with van der Waals surface area (Å²) in [6.07, 6.45) is 2.18. The van der Waals surface area contributed by atoms with Gasteiger partial charge in [0.2, 0.25) is 5.91 Å². The summed E-state index contributed by atoms with van der Waals surface area (Å²) in [5.74, 6) is -0.376. The van der Waals surface area contributed by atoms with Crippen LogP contribution >= 0.6 is 23.2 Å². The van der Waals surface area contributed by atoms with E-state index in [-0.39, 0.29) is 17.8 Å². The molecule has 170 valence electrons. The number of hydrogen-bond donors (Lipinski definition) is 1. The van der Waals surface area contributed by atoms with Gasteiger partial charge in [-0.05, 0) is 81.3 Å². The van der Waals surface area contributed by atoms with Crippen LogP contribution in [0.15, 0.2) is 42.5 Å². The molecule has 2 aromatic rings. The van der Waals surface area contributed by atoms with Crippen LogP contribution in [0.3, 0.4) is 0 Å². The number of amides is 1. The number of nitrogens with zero attached hydrogens (tertiary/aromatic N) is 1. The lowest BCUT2D eigenvalue weighted by molar-refractivity contribution is -0.209. The number of fused-ring (bicyclic) bond motifs is 1. The highest BCUT2D eigenvalue weighted by molar-refractivity contribution is 6.31. The summed E-state index contributed by atoms with van der Waals surface area (Å²) in [7, 11) is 0. The molecule has 2 aliphatic heterocycles. The first-order valence-corrected chi connectivity index (χ1v) is 11.7. The molecule has 5 nitrogen and oxygen atoms in total. The monoisotopic (exact) mass is 474 g/mol. The summed E-state index contributed by atoms with van der Waals surface area (Å²) >= 11 is 12.5. The van der Waals surface area contributed by atoms with Crippen LogP contribution in [0, 0.1) is 11.3 Å². The van der Waals surface area contributed by atoms with Gasteiger partial charge in [-0.2, -0.15) is 0 Å². The molecule has 0 aliphatic carbocycles. The van der Waals surface area contributed by atoms with Crippen LogP contribution in [0.2, 0.25) is 10.0 Å². The predicted molar refractivity (Wildman–Crippen MR) is 127 cm³/mol. The average molecular weight is 475 g/mol. The van der Waals surface area contributed by atoms with Gasteiger partial charge in [-0.3, -0.25) is 4.79 Å². The molecule has 1 fully saturated rings. The fraction of sp³-hybridized carbons (Fsp3) is 0.440. The van der Waals surface area contributed by atoms with Gasteiger partial charge in [0.15, 0.2) is 0 Å². The normalized spacial score (nSPS) is 23.5. The lowest BCUT2D eigenvalue weighted by Crippen LogP contribution is -2.51. The number of carbonyl (C=O) groups excluding carboxylic acids is 2. The van der Waals surface area contributed by atoms with Gasteiger partial charge in [0.05, 0.1) is 10.8 Å². The Kier molecular flexibility index (Phi) is 6.27. The van der Waals surface area contributed by atoms with Crippen LogP contribution in [0.25, 0.3) is 0 Å². The van der Waals surface area contributed by atoms with Gasteiger partial charge in [-0.1, -0.05) is 41.4 Å². The minimum atomic E-state index is -0.808. The van der Waals surface area contributed by atoms with E-state index < -0.39 is 10.8 Å². The van der Waals surface area contributed by atoms with Crippen LogP contribution in [0.5, 0.6) is 0 Å². The lowest BCUT2D eigenvalue weighted by atomic mass is 9.65. The second kappa shape index (κ2) is 8.69. The number of hydroxylamine groups is 2. The minimum absolute atomic E-state index is 0.0505. The van der Waals surface area contributed by atoms with Crippen molar-refractivity contribution in [3.05, 3.63) is 63.6 Å². The first kappa shape index (κ1) is 23.1. The Morgan fingerprint density at radius 1 is 1.19 bits per heavy atom. The van der Waals surface area contributed by atoms with Crippen LogP contribution in [0.1, 0.15) is 44.7 Å². The number of rotatable bonds is 4. The molecule has 1 amide bonds. The molecule has 0 saturated carbocycles. The first-order chi connectivity index (χ1) is 15.1. The Hall–Kier alpha value is -2.08. The van der Waals surface area contributed by atoms with Crippen LogP contribution < -0.4 is 5.32 Å². The maximum atomic E-state index is 13.6. The summed E-state index contributed by atoms with van der Waals surface area (Å²) in [5, 5.41) is 6.00. The van der Waals surface area contributed by atoms with Crippen molar-refractivity contribution in [2.24, 2.45) is 11.3 Å². The summed E-state index contributed by atoms with van der Waals surface area (Å²) in [5.41, 5.74) is 1.25. The third kappa shape index (κ3) is 4.39. The van der Waals surface area contributed by atoms with E-state index in [2.05, 4.69) is 5.32 Å². The standard InChI is InChI=1S/C25H28Cl2N2O3/c1-24(2,3)23(31)32-29-11-5-7-17(15-29)25(14-16-6-4-8-18(26)12-16)20-10-9-19(27)13-21(20)28-22(25)30/h4,6,8-10,12-13,17H,5,7,11,14-15H2,1-3H3,(H,28,30). The molecular formula is C25H28Cl2N2O3. The highest BCUT2D eigenvalue weighted by atomic mass is 35.5. The molecule has 2 aromatic carbocycles. The molecule has 2 aliphatic rings. The third-order valence-electron chi connectivity index (χ3n) is 6.39. The maximum Gasteiger partial charge on any atom is 0.330 e. The van der Waals surface area contributed by atoms with Crippen molar-refractivity contribution in [1.82, 2.24) is 5.06 Å². The molecule has 2 atom stereocenters.